The number of anilines is 2. The summed E-state index contributed by atoms with van der Waals surface area (Å²) in [5, 5.41) is 5.52. The van der Waals surface area contributed by atoms with Crippen molar-refractivity contribution in [1.29, 1.82) is 0 Å². The molecule has 6 heteroatoms. The van der Waals surface area contributed by atoms with E-state index in [1.54, 1.807) is 18.3 Å². The smallest absolute Gasteiger partial charge is 0.248 e. The molecular weight excluding hydrogens is 378 g/mol. The molecule has 30 heavy (non-hydrogen) atoms. The topological polar surface area (TPSA) is 80.3 Å². The zero-order valence-electron chi connectivity index (χ0n) is 16.9. The first kappa shape index (κ1) is 20.8. The first-order valence-corrected chi connectivity index (χ1v) is 9.50. The molecule has 0 saturated heterocycles. The van der Waals surface area contributed by atoms with Gasteiger partial charge in [-0.1, -0.05) is 24.3 Å². The molecule has 6 nitrogen and oxygen atoms in total. The number of aryl methyl sites for hydroxylation is 1. The number of amides is 2. The number of rotatable bonds is 7. The Labute approximate surface area is 175 Å². The normalized spacial score (nSPS) is 10.6. The molecule has 1 heterocycles. The monoisotopic (exact) mass is 401 g/mol. The Bertz CT molecular complexity index is 1050. The van der Waals surface area contributed by atoms with Crippen molar-refractivity contribution in [2.75, 3.05) is 10.6 Å². The summed E-state index contributed by atoms with van der Waals surface area (Å²) in [6.07, 6.45) is 4.89. The number of hydrogen-bond acceptors (Lipinski definition) is 4. The van der Waals surface area contributed by atoms with Crippen molar-refractivity contribution in [3.05, 3.63) is 89.8 Å². The molecule has 0 aliphatic rings. The maximum atomic E-state index is 12.3. The van der Waals surface area contributed by atoms with E-state index in [9.17, 15) is 9.59 Å². The molecule has 3 rings (SSSR count). The van der Waals surface area contributed by atoms with Crippen LogP contribution < -0.4 is 15.4 Å². The molecule has 0 aliphatic heterocycles. The summed E-state index contributed by atoms with van der Waals surface area (Å²) in [5.41, 5.74) is 3.81. The van der Waals surface area contributed by atoms with E-state index >= 15 is 0 Å². The lowest BCUT2D eigenvalue weighted by atomic mass is 10.1. The Morgan fingerprint density at radius 3 is 2.50 bits per heavy atom. The summed E-state index contributed by atoms with van der Waals surface area (Å²) in [4.78, 5) is 27.9. The second-order valence-corrected chi connectivity index (χ2v) is 6.73. The summed E-state index contributed by atoms with van der Waals surface area (Å²) in [7, 11) is 0. The summed E-state index contributed by atoms with van der Waals surface area (Å²) in [6, 6.07) is 18.5. The Kier molecular flexibility index (Phi) is 6.95. The average Bonchev–Trinajstić information content (AvgIpc) is 2.74. The molecule has 0 bridgehead atoms. The van der Waals surface area contributed by atoms with E-state index in [1.165, 1.54) is 13.0 Å². The third-order valence-electron chi connectivity index (χ3n) is 4.16. The van der Waals surface area contributed by atoms with Gasteiger partial charge in [-0.2, -0.15) is 0 Å². The van der Waals surface area contributed by atoms with Gasteiger partial charge in [0, 0.05) is 19.2 Å². The van der Waals surface area contributed by atoms with Gasteiger partial charge >= 0.3 is 0 Å². The number of ether oxygens (including phenoxy) is 1. The minimum Gasteiger partial charge on any atom is -0.487 e. The minimum atomic E-state index is -0.289. The van der Waals surface area contributed by atoms with Crippen molar-refractivity contribution in [2.45, 2.75) is 20.5 Å². The zero-order chi connectivity index (χ0) is 21.3. The van der Waals surface area contributed by atoms with E-state index < -0.39 is 0 Å². The number of benzene rings is 2. The fourth-order valence-electron chi connectivity index (χ4n) is 2.72. The number of pyridine rings is 1. The van der Waals surface area contributed by atoms with Crippen molar-refractivity contribution >= 4 is 29.3 Å². The standard InChI is InChI=1S/C24H23N3O3/c1-17-6-12-22(26-18(2)28)23(15-17)27-24(29)13-9-19-7-10-21(11-8-19)30-16-20-5-3-4-14-25-20/h3-15H,16H2,1-2H3,(H,26,28)(H,27,29)/b13-9+. The van der Waals surface area contributed by atoms with Gasteiger partial charge in [-0.25, -0.2) is 0 Å². The molecule has 2 N–H and O–H groups in total. The largest absolute Gasteiger partial charge is 0.487 e. The predicted molar refractivity (Wildman–Crippen MR) is 118 cm³/mol. The fourth-order valence-corrected chi connectivity index (χ4v) is 2.72. The average molecular weight is 401 g/mol. The number of nitrogens with zero attached hydrogens (tertiary/aromatic N) is 1. The van der Waals surface area contributed by atoms with E-state index in [4.69, 9.17) is 4.74 Å². The van der Waals surface area contributed by atoms with E-state index in [0.29, 0.717) is 18.0 Å². The van der Waals surface area contributed by atoms with E-state index in [-0.39, 0.29) is 11.8 Å². The first-order valence-electron chi connectivity index (χ1n) is 9.50. The molecule has 0 saturated carbocycles. The molecule has 2 amide bonds. The highest BCUT2D eigenvalue weighted by Gasteiger charge is 2.07. The van der Waals surface area contributed by atoms with Crippen LogP contribution in [0.15, 0.2) is 72.9 Å². The van der Waals surface area contributed by atoms with E-state index in [2.05, 4.69) is 15.6 Å². The van der Waals surface area contributed by atoms with Crippen LogP contribution >= 0.6 is 0 Å². The van der Waals surface area contributed by atoms with Gasteiger partial charge in [-0.05, 0) is 60.5 Å². The summed E-state index contributed by atoms with van der Waals surface area (Å²) < 4.78 is 5.71. The zero-order valence-corrected chi connectivity index (χ0v) is 16.9. The second kappa shape index (κ2) is 10.0. The third kappa shape index (κ3) is 6.31. The quantitative estimate of drug-likeness (QED) is 0.568. The highest BCUT2D eigenvalue weighted by molar-refractivity contribution is 6.05. The summed E-state index contributed by atoms with van der Waals surface area (Å²) in [6.45, 7) is 3.74. The van der Waals surface area contributed by atoms with Crippen molar-refractivity contribution in [2.24, 2.45) is 0 Å². The van der Waals surface area contributed by atoms with Crippen LogP contribution in [0.3, 0.4) is 0 Å². The van der Waals surface area contributed by atoms with Gasteiger partial charge in [0.2, 0.25) is 11.8 Å². The lowest BCUT2D eigenvalue weighted by Crippen LogP contribution is -2.13. The van der Waals surface area contributed by atoms with Gasteiger partial charge in [0.05, 0.1) is 17.1 Å². The highest BCUT2D eigenvalue weighted by Crippen LogP contribution is 2.23. The molecule has 0 unspecified atom stereocenters. The molecule has 1 aromatic heterocycles. The fraction of sp³-hybridized carbons (Fsp3) is 0.125. The molecule has 0 fully saturated rings. The maximum Gasteiger partial charge on any atom is 0.248 e. The Morgan fingerprint density at radius 2 is 1.80 bits per heavy atom. The second-order valence-electron chi connectivity index (χ2n) is 6.73. The van der Waals surface area contributed by atoms with Gasteiger partial charge in [-0.3, -0.25) is 14.6 Å². The number of aromatic nitrogens is 1. The third-order valence-corrected chi connectivity index (χ3v) is 4.16. The van der Waals surface area contributed by atoms with Crippen molar-refractivity contribution < 1.29 is 14.3 Å². The minimum absolute atomic E-state index is 0.199. The van der Waals surface area contributed by atoms with Crippen LogP contribution in [0, 0.1) is 6.92 Å². The molecular formula is C24H23N3O3. The first-order chi connectivity index (χ1) is 14.5. The van der Waals surface area contributed by atoms with Crippen LogP contribution in [0.2, 0.25) is 0 Å². The maximum absolute atomic E-state index is 12.3. The number of nitrogens with one attached hydrogen (secondary N) is 2. The van der Waals surface area contributed by atoms with Gasteiger partial charge in [-0.15, -0.1) is 0 Å². The van der Waals surface area contributed by atoms with Gasteiger partial charge in [0.1, 0.15) is 12.4 Å². The molecule has 0 spiro atoms. The van der Waals surface area contributed by atoms with Crippen molar-refractivity contribution in [1.82, 2.24) is 4.98 Å². The van der Waals surface area contributed by atoms with Gasteiger partial charge in [0.25, 0.3) is 0 Å². The Morgan fingerprint density at radius 1 is 1.00 bits per heavy atom. The lowest BCUT2D eigenvalue weighted by Gasteiger charge is -2.11. The van der Waals surface area contributed by atoms with Crippen molar-refractivity contribution in [3.63, 3.8) is 0 Å². The SMILES string of the molecule is CC(=O)Nc1ccc(C)cc1NC(=O)/C=C/c1ccc(OCc2ccccn2)cc1. The van der Waals surface area contributed by atoms with Gasteiger partial charge < -0.3 is 15.4 Å². The molecule has 0 atom stereocenters. The van der Waals surface area contributed by atoms with Gasteiger partial charge in [0.15, 0.2) is 0 Å². The van der Waals surface area contributed by atoms with Crippen LogP contribution in [0.1, 0.15) is 23.7 Å². The van der Waals surface area contributed by atoms with Crippen molar-refractivity contribution in [3.8, 4) is 5.75 Å². The number of carbonyl (C=O) groups is 2. The lowest BCUT2D eigenvalue weighted by molar-refractivity contribution is -0.114. The molecule has 0 aliphatic carbocycles. The highest BCUT2D eigenvalue weighted by atomic mass is 16.5. The van der Waals surface area contributed by atoms with Crippen LogP contribution in [0.5, 0.6) is 5.75 Å². The van der Waals surface area contributed by atoms with E-state index in [1.807, 2.05) is 61.5 Å². The van der Waals surface area contributed by atoms with E-state index in [0.717, 1.165) is 22.6 Å². The van der Waals surface area contributed by atoms with Crippen LogP contribution in [-0.2, 0) is 16.2 Å². The van der Waals surface area contributed by atoms with Crippen LogP contribution in [-0.4, -0.2) is 16.8 Å². The summed E-state index contributed by atoms with van der Waals surface area (Å²) in [5.74, 6) is 0.236. The Hall–Kier alpha value is -3.93. The van der Waals surface area contributed by atoms with Crippen LogP contribution in [0.25, 0.3) is 6.08 Å². The number of carbonyl (C=O) groups excluding carboxylic acids is 2. The van der Waals surface area contributed by atoms with Crippen LogP contribution in [0.4, 0.5) is 11.4 Å². The predicted octanol–water partition coefficient (Wildman–Crippen LogP) is 4.58. The summed E-state index contributed by atoms with van der Waals surface area (Å²) >= 11 is 0. The Balaban J connectivity index is 1.58. The molecule has 2 aromatic carbocycles. The molecule has 0 radical (unpaired) electrons. The molecule has 3 aromatic rings. The molecule has 152 valence electrons. The number of hydrogen-bond donors (Lipinski definition) is 2.